The van der Waals surface area contributed by atoms with Gasteiger partial charge in [0.15, 0.2) is 0 Å². The van der Waals surface area contributed by atoms with E-state index in [-0.39, 0.29) is 29.7 Å². The first-order valence-corrected chi connectivity index (χ1v) is 14.4. The number of hydrogen-bond acceptors (Lipinski definition) is 1. The topological polar surface area (TPSA) is 13.1 Å². The maximum atomic E-state index is 8.86. The zero-order valence-corrected chi connectivity index (χ0v) is 23.0. The van der Waals surface area contributed by atoms with Crippen LogP contribution in [-0.4, -0.2) is 0 Å². The third-order valence-electron chi connectivity index (χ3n) is 8.56. The molecule has 0 aliphatic carbocycles. The van der Waals surface area contributed by atoms with Gasteiger partial charge in [-0.3, -0.25) is 0 Å². The summed E-state index contributed by atoms with van der Waals surface area (Å²) in [5, 5.41) is 7.93. The molecule has 0 fully saturated rings. The van der Waals surface area contributed by atoms with E-state index < -0.39 is 6.04 Å². The number of rotatable bonds is 3. The Kier molecular flexibility index (Phi) is 4.27. The van der Waals surface area contributed by atoms with E-state index in [1.807, 2.05) is 54.6 Å². The Bertz CT molecular complexity index is 2710. The number of hydrogen-bond donors (Lipinski definition) is 0. The molecule has 9 aromatic rings. The highest BCUT2D eigenvalue weighted by Crippen LogP contribution is 2.46. The summed E-state index contributed by atoms with van der Waals surface area (Å²) >= 11 is 0. The molecule has 0 amide bonds. The molecule has 0 unspecified atom stereocenters. The van der Waals surface area contributed by atoms with E-state index in [4.69, 9.17) is 11.3 Å². The SMILES string of the molecule is [2H]c1c([2H])c([2H])c(-c2c3ccccc3c(-c3cccc4c(-c5ccc6c(c5)oc5ccccc56)cccc34)c3ccccc23)c([2H])c1[2H]. The Labute approximate surface area is 256 Å². The molecule has 0 bridgehead atoms. The van der Waals surface area contributed by atoms with Crippen LogP contribution < -0.4 is 0 Å². The Morgan fingerprint density at radius 1 is 0.372 bits per heavy atom. The summed E-state index contributed by atoms with van der Waals surface area (Å²) in [6.45, 7) is 0. The summed E-state index contributed by atoms with van der Waals surface area (Å²) in [7, 11) is 0. The van der Waals surface area contributed by atoms with Crippen LogP contribution in [0.15, 0.2) is 162 Å². The van der Waals surface area contributed by atoms with Gasteiger partial charge in [0.05, 0.1) is 6.85 Å². The fraction of sp³-hybridized carbons (Fsp3) is 0. The standard InChI is InChI=1S/C42H26O/c1-2-12-27(13-3-1)41-35-15-4-6-17-37(35)42(38-18-7-5-16-36(38)41)34-22-11-20-30-29(19-10-21-31(30)34)28-24-25-33-32-14-8-9-23-39(32)43-40(33)26-28/h1-26H/i1D,2D,3D,12D,13D. The molecule has 1 heterocycles. The zero-order valence-electron chi connectivity index (χ0n) is 28.0. The molecule has 0 aliphatic rings. The van der Waals surface area contributed by atoms with Gasteiger partial charge in [-0.05, 0) is 83.9 Å². The summed E-state index contributed by atoms with van der Waals surface area (Å²) in [5.41, 5.74) is 6.82. The second-order valence-corrected chi connectivity index (χ2v) is 10.9. The molecule has 200 valence electrons. The predicted octanol–water partition coefficient (Wildman–Crippen LogP) is 12.0. The average molecular weight is 552 g/mol. The molecule has 0 saturated carbocycles. The van der Waals surface area contributed by atoms with Crippen molar-refractivity contribution in [1.82, 2.24) is 0 Å². The fourth-order valence-corrected chi connectivity index (χ4v) is 6.74. The van der Waals surface area contributed by atoms with Crippen LogP contribution >= 0.6 is 0 Å². The van der Waals surface area contributed by atoms with E-state index in [1.54, 1.807) is 0 Å². The van der Waals surface area contributed by atoms with Crippen LogP contribution in [0, 0.1) is 0 Å². The van der Waals surface area contributed by atoms with E-state index >= 15 is 0 Å². The molecule has 0 aliphatic heterocycles. The lowest BCUT2D eigenvalue weighted by molar-refractivity contribution is 0.669. The lowest BCUT2D eigenvalue weighted by Gasteiger charge is -2.19. The monoisotopic (exact) mass is 551 g/mol. The highest BCUT2D eigenvalue weighted by atomic mass is 16.3. The Balaban J connectivity index is 1.34. The van der Waals surface area contributed by atoms with Crippen molar-refractivity contribution in [3.63, 3.8) is 0 Å². The van der Waals surface area contributed by atoms with Gasteiger partial charge in [0.2, 0.25) is 0 Å². The van der Waals surface area contributed by atoms with Crippen LogP contribution in [0.25, 0.3) is 87.6 Å². The van der Waals surface area contributed by atoms with Crippen LogP contribution in [0.1, 0.15) is 6.85 Å². The second kappa shape index (κ2) is 9.44. The first-order valence-electron chi connectivity index (χ1n) is 16.9. The van der Waals surface area contributed by atoms with Gasteiger partial charge in [-0.15, -0.1) is 0 Å². The molecule has 1 aromatic heterocycles. The van der Waals surface area contributed by atoms with Crippen LogP contribution in [0.4, 0.5) is 0 Å². The van der Waals surface area contributed by atoms with Gasteiger partial charge in [-0.1, -0.05) is 139 Å². The average Bonchev–Trinajstić information content (AvgIpc) is 3.50. The van der Waals surface area contributed by atoms with Gasteiger partial charge >= 0.3 is 0 Å². The summed E-state index contributed by atoms with van der Waals surface area (Å²) < 4.78 is 49.0. The predicted molar refractivity (Wildman–Crippen MR) is 183 cm³/mol. The molecule has 0 radical (unpaired) electrons. The third kappa shape index (κ3) is 3.65. The molecule has 1 heteroatoms. The smallest absolute Gasteiger partial charge is 0.136 e. The number of para-hydroxylation sites is 1. The molecule has 0 N–H and O–H groups in total. The van der Waals surface area contributed by atoms with Gasteiger partial charge in [0, 0.05) is 10.8 Å². The van der Waals surface area contributed by atoms with E-state index in [0.717, 1.165) is 76.5 Å². The van der Waals surface area contributed by atoms with Gasteiger partial charge in [-0.2, -0.15) is 0 Å². The van der Waals surface area contributed by atoms with E-state index in [9.17, 15) is 0 Å². The van der Waals surface area contributed by atoms with Crippen LogP contribution in [0.2, 0.25) is 0 Å². The Morgan fingerprint density at radius 3 is 1.60 bits per heavy atom. The fourth-order valence-electron chi connectivity index (χ4n) is 6.74. The van der Waals surface area contributed by atoms with Gasteiger partial charge in [0.1, 0.15) is 11.2 Å². The summed E-state index contributed by atoms with van der Waals surface area (Å²) in [6.07, 6.45) is 0. The van der Waals surface area contributed by atoms with Crippen molar-refractivity contribution in [1.29, 1.82) is 0 Å². The summed E-state index contributed by atoms with van der Waals surface area (Å²) in [5.74, 6) is 0. The van der Waals surface area contributed by atoms with Gasteiger partial charge in [-0.25, -0.2) is 0 Å². The highest BCUT2D eigenvalue weighted by Gasteiger charge is 2.18. The van der Waals surface area contributed by atoms with Crippen LogP contribution in [-0.2, 0) is 0 Å². The molecule has 1 nitrogen and oxygen atoms in total. The Morgan fingerprint density at radius 2 is 0.907 bits per heavy atom. The minimum Gasteiger partial charge on any atom is -0.456 e. The van der Waals surface area contributed by atoms with Crippen LogP contribution in [0.3, 0.4) is 0 Å². The molecule has 0 atom stereocenters. The van der Waals surface area contributed by atoms with Crippen molar-refractivity contribution in [2.24, 2.45) is 0 Å². The van der Waals surface area contributed by atoms with Crippen molar-refractivity contribution >= 4 is 54.3 Å². The van der Waals surface area contributed by atoms with Crippen molar-refractivity contribution in [2.75, 3.05) is 0 Å². The normalized spacial score (nSPS) is 13.3. The number of fused-ring (bicyclic) bond motifs is 6. The largest absolute Gasteiger partial charge is 0.456 e. The molecular formula is C42H26O. The minimum atomic E-state index is -0.398. The summed E-state index contributed by atoms with van der Waals surface area (Å²) in [6, 6.07) is 41.8. The molecule has 43 heavy (non-hydrogen) atoms. The molecule has 0 spiro atoms. The van der Waals surface area contributed by atoms with E-state index in [1.165, 1.54) is 0 Å². The van der Waals surface area contributed by atoms with Gasteiger partial charge in [0.25, 0.3) is 0 Å². The van der Waals surface area contributed by atoms with Crippen molar-refractivity contribution in [3.8, 4) is 33.4 Å². The van der Waals surface area contributed by atoms with E-state index in [0.29, 0.717) is 5.56 Å². The third-order valence-corrected chi connectivity index (χ3v) is 8.56. The lowest BCUT2D eigenvalue weighted by atomic mass is 9.84. The highest BCUT2D eigenvalue weighted by molar-refractivity contribution is 6.24. The second-order valence-electron chi connectivity index (χ2n) is 10.9. The van der Waals surface area contributed by atoms with Crippen molar-refractivity contribution in [3.05, 3.63) is 158 Å². The maximum absolute atomic E-state index is 8.86. The zero-order chi connectivity index (χ0) is 32.7. The van der Waals surface area contributed by atoms with Crippen molar-refractivity contribution < 1.29 is 11.3 Å². The molecule has 9 rings (SSSR count). The van der Waals surface area contributed by atoms with E-state index in [2.05, 4.69) is 72.8 Å². The lowest BCUT2D eigenvalue weighted by Crippen LogP contribution is -1.92. The van der Waals surface area contributed by atoms with Crippen LogP contribution in [0.5, 0.6) is 0 Å². The number of benzene rings is 8. The molecular weight excluding hydrogens is 520 g/mol. The molecule has 0 saturated heterocycles. The minimum absolute atomic E-state index is 0.208. The van der Waals surface area contributed by atoms with Crippen molar-refractivity contribution in [2.45, 2.75) is 0 Å². The first-order chi connectivity index (χ1) is 23.4. The maximum Gasteiger partial charge on any atom is 0.136 e. The molecule has 8 aromatic carbocycles. The number of furan rings is 1. The van der Waals surface area contributed by atoms with Gasteiger partial charge < -0.3 is 4.42 Å². The Hall–Kier alpha value is -5.66. The summed E-state index contributed by atoms with van der Waals surface area (Å²) in [4.78, 5) is 0. The quantitative estimate of drug-likeness (QED) is 0.199. The first kappa shape index (κ1) is 19.5.